The molecule has 3 aliphatic heterocycles. The van der Waals surface area contributed by atoms with Gasteiger partial charge in [0.1, 0.15) is 5.54 Å². The summed E-state index contributed by atoms with van der Waals surface area (Å²) >= 11 is 0. The minimum atomic E-state index is -0.773. The first kappa shape index (κ1) is 20.5. The highest BCUT2D eigenvalue weighted by atomic mass is 16.2. The third kappa shape index (κ3) is 3.84. The molecule has 4 amide bonds. The molecular formula is C24H32N4O3. The van der Waals surface area contributed by atoms with Crippen LogP contribution >= 0.6 is 0 Å². The first-order valence-corrected chi connectivity index (χ1v) is 11.8. The Morgan fingerprint density at radius 1 is 1.00 bits per heavy atom. The Morgan fingerprint density at radius 3 is 2.42 bits per heavy atom. The van der Waals surface area contributed by atoms with E-state index >= 15 is 0 Å². The van der Waals surface area contributed by atoms with Gasteiger partial charge in [0.25, 0.3) is 5.91 Å². The van der Waals surface area contributed by atoms with Crippen LogP contribution in [0, 0.1) is 5.92 Å². The minimum absolute atomic E-state index is 0.0835. The number of likely N-dealkylation sites (tertiary alicyclic amines) is 2. The Labute approximate surface area is 183 Å². The molecule has 0 bridgehead atoms. The zero-order valence-corrected chi connectivity index (χ0v) is 18.1. The highest BCUT2D eigenvalue weighted by Gasteiger charge is 2.54. The van der Waals surface area contributed by atoms with Crippen molar-refractivity contribution in [3.05, 3.63) is 35.9 Å². The molecule has 7 heteroatoms. The van der Waals surface area contributed by atoms with E-state index < -0.39 is 5.54 Å². The lowest BCUT2D eigenvalue weighted by molar-refractivity contribution is -0.143. The van der Waals surface area contributed by atoms with E-state index in [-0.39, 0.29) is 29.8 Å². The molecular weight excluding hydrogens is 392 g/mol. The number of nitrogens with zero attached hydrogens (tertiary/aromatic N) is 3. The van der Waals surface area contributed by atoms with Gasteiger partial charge in [0.05, 0.1) is 6.04 Å². The smallest absolute Gasteiger partial charge is 0.325 e. The number of amides is 4. The Kier molecular flexibility index (Phi) is 5.46. The van der Waals surface area contributed by atoms with E-state index in [1.54, 1.807) is 0 Å². The number of carbonyl (C=O) groups excluding carboxylic acids is 3. The van der Waals surface area contributed by atoms with Crippen molar-refractivity contribution in [1.29, 1.82) is 0 Å². The molecule has 31 heavy (non-hydrogen) atoms. The van der Waals surface area contributed by atoms with E-state index in [0.29, 0.717) is 19.4 Å². The van der Waals surface area contributed by atoms with Crippen LogP contribution < -0.4 is 5.32 Å². The summed E-state index contributed by atoms with van der Waals surface area (Å²) in [6.07, 6.45) is 5.99. The minimum Gasteiger partial charge on any atom is -0.340 e. The molecule has 1 spiro atoms. The Morgan fingerprint density at radius 2 is 1.74 bits per heavy atom. The van der Waals surface area contributed by atoms with Crippen molar-refractivity contribution < 1.29 is 14.4 Å². The van der Waals surface area contributed by atoms with Crippen molar-refractivity contribution in [3.8, 4) is 0 Å². The number of hydrogen-bond donors (Lipinski definition) is 1. The van der Waals surface area contributed by atoms with Crippen molar-refractivity contribution in [3.63, 3.8) is 0 Å². The van der Waals surface area contributed by atoms with Crippen LogP contribution in [0.1, 0.15) is 50.5 Å². The van der Waals surface area contributed by atoms with Gasteiger partial charge in [-0.1, -0.05) is 36.8 Å². The summed E-state index contributed by atoms with van der Waals surface area (Å²) < 4.78 is 0. The Balaban J connectivity index is 1.22. The molecule has 3 saturated heterocycles. The van der Waals surface area contributed by atoms with Gasteiger partial charge in [-0.2, -0.15) is 0 Å². The van der Waals surface area contributed by atoms with Crippen LogP contribution in [0.15, 0.2) is 30.3 Å². The van der Waals surface area contributed by atoms with Crippen molar-refractivity contribution in [2.75, 3.05) is 26.2 Å². The molecule has 3 heterocycles. The summed E-state index contributed by atoms with van der Waals surface area (Å²) in [6, 6.07) is 9.87. The average molecular weight is 425 g/mol. The van der Waals surface area contributed by atoms with Crippen molar-refractivity contribution in [1.82, 2.24) is 20.0 Å². The van der Waals surface area contributed by atoms with Gasteiger partial charge in [-0.25, -0.2) is 4.79 Å². The fraction of sp³-hybridized carbons (Fsp3) is 0.625. The number of nitrogens with one attached hydrogen (secondary N) is 1. The summed E-state index contributed by atoms with van der Waals surface area (Å²) in [4.78, 5) is 44.7. The lowest BCUT2D eigenvalue weighted by atomic mass is 9.83. The molecule has 1 aromatic rings. The molecule has 4 fully saturated rings. The van der Waals surface area contributed by atoms with Gasteiger partial charge in [0, 0.05) is 38.6 Å². The fourth-order valence-corrected chi connectivity index (χ4v) is 5.53. The molecule has 1 saturated carbocycles. The molecule has 1 atom stereocenters. The fourth-order valence-electron chi connectivity index (χ4n) is 5.53. The second-order valence-electron chi connectivity index (χ2n) is 9.66. The highest BCUT2D eigenvalue weighted by molar-refractivity contribution is 6.07. The lowest BCUT2D eigenvalue weighted by Gasteiger charge is -2.40. The van der Waals surface area contributed by atoms with E-state index in [1.165, 1.54) is 10.5 Å². The number of carbonyl (C=O) groups is 3. The van der Waals surface area contributed by atoms with Crippen LogP contribution in [-0.4, -0.2) is 70.3 Å². The van der Waals surface area contributed by atoms with Gasteiger partial charge in [-0.05, 0) is 44.1 Å². The molecule has 1 unspecified atom stereocenters. The summed E-state index contributed by atoms with van der Waals surface area (Å²) in [5.41, 5.74) is 0.491. The number of piperidine rings is 2. The van der Waals surface area contributed by atoms with Crippen LogP contribution in [0.2, 0.25) is 0 Å². The van der Waals surface area contributed by atoms with Crippen molar-refractivity contribution >= 4 is 17.8 Å². The molecule has 0 radical (unpaired) electrons. The Bertz CT molecular complexity index is 846. The molecule has 0 aromatic heterocycles. The highest BCUT2D eigenvalue weighted by Crippen LogP contribution is 2.34. The van der Waals surface area contributed by atoms with Gasteiger partial charge < -0.3 is 10.2 Å². The van der Waals surface area contributed by atoms with Crippen molar-refractivity contribution in [2.45, 2.75) is 63.1 Å². The predicted octanol–water partition coefficient (Wildman–Crippen LogP) is 2.36. The van der Waals surface area contributed by atoms with E-state index in [2.05, 4.69) is 22.3 Å². The van der Waals surface area contributed by atoms with Crippen LogP contribution in [-0.2, 0) is 16.1 Å². The van der Waals surface area contributed by atoms with Crippen molar-refractivity contribution in [2.24, 2.45) is 5.92 Å². The molecule has 166 valence electrons. The Hall–Kier alpha value is -2.41. The largest absolute Gasteiger partial charge is 0.340 e. The number of urea groups is 1. The first-order chi connectivity index (χ1) is 15.1. The van der Waals surface area contributed by atoms with E-state index in [4.69, 9.17) is 0 Å². The van der Waals surface area contributed by atoms with Crippen LogP contribution in [0.5, 0.6) is 0 Å². The normalized spacial score (nSPS) is 26.8. The standard InChI is InChI=1S/C24H32N4O3/c29-21(19-8-4-9-19)27-13-5-10-20(17-27)28-22(30)24(25-23(28)31)11-14-26(15-12-24)16-18-6-2-1-3-7-18/h1-3,6-7,19-20H,4-5,8-17H2,(H,25,31). The monoisotopic (exact) mass is 424 g/mol. The number of hydrogen-bond acceptors (Lipinski definition) is 4. The summed E-state index contributed by atoms with van der Waals surface area (Å²) in [5, 5.41) is 3.05. The molecule has 1 N–H and O–H groups in total. The zero-order valence-electron chi connectivity index (χ0n) is 18.1. The maximum Gasteiger partial charge on any atom is 0.325 e. The van der Waals surface area contributed by atoms with Crippen LogP contribution in [0.4, 0.5) is 4.79 Å². The average Bonchev–Trinajstić information content (AvgIpc) is 2.99. The predicted molar refractivity (Wildman–Crippen MR) is 116 cm³/mol. The summed E-state index contributed by atoms with van der Waals surface area (Å²) in [7, 11) is 0. The second-order valence-corrected chi connectivity index (χ2v) is 9.66. The van der Waals surface area contributed by atoms with Gasteiger partial charge >= 0.3 is 6.03 Å². The van der Waals surface area contributed by atoms with Gasteiger partial charge in [-0.3, -0.25) is 19.4 Å². The lowest BCUT2D eigenvalue weighted by Crippen LogP contribution is -2.56. The second kappa shape index (κ2) is 8.26. The molecule has 7 nitrogen and oxygen atoms in total. The van der Waals surface area contributed by atoms with E-state index in [0.717, 1.165) is 58.3 Å². The van der Waals surface area contributed by atoms with Crippen LogP contribution in [0.3, 0.4) is 0 Å². The topological polar surface area (TPSA) is 73.0 Å². The van der Waals surface area contributed by atoms with E-state index in [9.17, 15) is 14.4 Å². The van der Waals surface area contributed by atoms with Gasteiger partial charge in [0.15, 0.2) is 0 Å². The maximum atomic E-state index is 13.5. The molecule has 5 rings (SSSR count). The third-order valence-corrected chi connectivity index (χ3v) is 7.68. The van der Waals surface area contributed by atoms with Gasteiger partial charge in [0.2, 0.25) is 5.91 Å². The van der Waals surface area contributed by atoms with E-state index in [1.807, 2.05) is 23.1 Å². The molecule has 1 aliphatic carbocycles. The van der Waals surface area contributed by atoms with Gasteiger partial charge in [-0.15, -0.1) is 0 Å². The number of benzene rings is 1. The number of rotatable bonds is 4. The first-order valence-electron chi connectivity index (χ1n) is 11.8. The maximum absolute atomic E-state index is 13.5. The third-order valence-electron chi connectivity index (χ3n) is 7.68. The summed E-state index contributed by atoms with van der Waals surface area (Å²) in [5.74, 6) is 0.286. The quantitative estimate of drug-likeness (QED) is 0.753. The van der Waals surface area contributed by atoms with Crippen LogP contribution in [0.25, 0.3) is 0 Å². The zero-order chi connectivity index (χ0) is 21.4. The molecule has 1 aromatic carbocycles. The SMILES string of the molecule is O=C(C1CCC1)N1CCCC(N2C(=O)NC3(CCN(Cc4ccccc4)CC3)C2=O)C1. The summed E-state index contributed by atoms with van der Waals surface area (Å²) in [6.45, 7) is 3.67. The molecule has 4 aliphatic rings. The number of imide groups is 1.